The molecule has 0 bridgehead atoms. The molecule has 1 aliphatic rings. The van der Waals surface area contributed by atoms with Crippen LogP contribution in [-0.4, -0.2) is 0 Å². The maximum atomic E-state index is 2.48. The smallest absolute Gasteiger partial charge is 0.0158 e. The zero-order valence-electron chi connectivity index (χ0n) is 27.1. The van der Waals surface area contributed by atoms with E-state index in [1.165, 1.54) is 72.3 Å². The molecule has 0 fully saturated rings. The molecule has 5 aromatic rings. The highest BCUT2D eigenvalue weighted by Crippen LogP contribution is 2.49. The summed E-state index contributed by atoms with van der Waals surface area (Å²) in [6, 6.07) is 38.9. The Bertz CT molecular complexity index is 1780. The van der Waals surface area contributed by atoms with Gasteiger partial charge in [0.2, 0.25) is 0 Å². The molecule has 0 radical (unpaired) electrons. The van der Waals surface area contributed by atoms with Crippen molar-refractivity contribution in [1.82, 2.24) is 0 Å². The second-order valence-electron chi connectivity index (χ2n) is 13.4. The van der Waals surface area contributed by atoms with Crippen LogP contribution in [0.4, 0.5) is 0 Å². The fourth-order valence-corrected chi connectivity index (χ4v) is 7.44. The number of aryl methyl sites for hydroxylation is 1. The van der Waals surface area contributed by atoms with E-state index in [2.05, 4.69) is 152 Å². The molecule has 0 amide bonds. The second-order valence-corrected chi connectivity index (χ2v) is 13.4. The molecule has 218 valence electrons. The molecule has 0 heteroatoms. The van der Waals surface area contributed by atoms with Crippen molar-refractivity contribution in [2.45, 2.75) is 85.0 Å². The number of benzene rings is 5. The van der Waals surface area contributed by atoms with E-state index in [1.807, 2.05) is 0 Å². The van der Waals surface area contributed by atoms with Crippen LogP contribution < -0.4 is 0 Å². The van der Waals surface area contributed by atoms with Crippen LogP contribution in [0.15, 0.2) is 103 Å². The van der Waals surface area contributed by atoms with Crippen molar-refractivity contribution in [2.24, 2.45) is 0 Å². The molecular formula is C43H46. The second kappa shape index (κ2) is 11.6. The lowest BCUT2D eigenvalue weighted by Gasteiger charge is -2.22. The summed E-state index contributed by atoms with van der Waals surface area (Å²) in [4.78, 5) is 0. The Morgan fingerprint density at radius 2 is 1.14 bits per heavy atom. The lowest BCUT2D eigenvalue weighted by Crippen LogP contribution is -2.14. The third-order valence-corrected chi connectivity index (χ3v) is 10.5. The van der Waals surface area contributed by atoms with Crippen molar-refractivity contribution in [1.29, 1.82) is 0 Å². The first kappa shape index (κ1) is 29.2. The SMILES string of the molecule is CCC(C)c1ccccc1-c1cccc(-c2cccc(CCC(C)c3ccc4c(c3)-c3ccccc3C4(C)C)c2C)c1C. The highest BCUT2D eigenvalue weighted by molar-refractivity contribution is 5.82. The van der Waals surface area contributed by atoms with Gasteiger partial charge < -0.3 is 0 Å². The van der Waals surface area contributed by atoms with Gasteiger partial charge in [0.05, 0.1) is 0 Å². The molecule has 2 atom stereocenters. The van der Waals surface area contributed by atoms with Gasteiger partial charge in [-0.05, 0) is 117 Å². The average Bonchev–Trinajstić information content (AvgIpc) is 3.26. The normalized spacial score (nSPS) is 14.7. The van der Waals surface area contributed by atoms with Crippen LogP contribution >= 0.6 is 0 Å². The van der Waals surface area contributed by atoms with Gasteiger partial charge in [-0.15, -0.1) is 0 Å². The fourth-order valence-electron chi connectivity index (χ4n) is 7.44. The summed E-state index contributed by atoms with van der Waals surface area (Å²) in [5, 5.41) is 0. The summed E-state index contributed by atoms with van der Waals surface area (Å²) in [6.45, 7) is 16.4. The number of fused-ring (bicyclic) bond motifs is 3. The summed E-state index contributed by atoms with van der Waals surface area (Å²) < 4.78 is 0. The predicted octanol–water partition coefficient (Wildman–Crippen LogP) is 12.2. The molecular weight excluding hydrogens is 516 g/mol. The summed E-state index contributed by atoms with van der Waals surface area (Å²) >= 11 is 0. The Morgan fingerprint density at radius 3 is 1.88 bits per heavy atom. The van der Waals surface area contributed by atoms with Crippen molar-refractivity contribution < 1.29 is 0 Å². The first-order valence-corrected chi connectivity index (χ1v) is 16.2. The van der Waals surface area contributed by atoms with Crippen LogP contribution in [0, 0.1) is 13.8 Å². The summed E-state index contributed by atoms with van der Waals surface area (Å²) in [6.07, 6.45) is 3.36. The van der Waals surface area contributed by atoms with Crippen LogP contribution in [0.3, 0.4) is 0 Å². The van der Waals surface area contributed by atoms with Crippen LogP contribution in [0.1, 0.15) is 98.2 Å². The summed E-state index contributed by atoms with van der Waals surface area (Å²) in [7, 11) is 0. The zero-order valence-corrected chi connectivity index (χ0v) is 27.1. The first-order valence-electron chi connectivity index (χ1n) is 16.2. The van der Waals surface area contributed by atoms with Gasteiger partial charge >= 0.3 is 0 Å². The molecule has 1 aliphatic carbocycles. The Labute approximate surface area is 259 Å². The first-order chi connectivity index (χ1) is 20.7. The lowest BCUT2D eigenvalue weighted by atomic mass is 9.81. The Balaban J connectivity index is 1.26. The molecule has 0 saturated heterocycles. The number of hydrogen-bond acceptors (Lipinski definition) is 0. The van der Waals surface area contributed by atoms with Crippen LogP contribution in [0.2, 0.25) is 0 Å². The maximum Gasteiger partial charge on any atom is 0.0158 e. The molecule has 6 rings (SSSR count). The van der Waals surface area contributed by atoms with Crippen molar-refractivity contribution in [3.63, 3.8) is 0 Å². The van der Waals surface area contributed by atoms with Gasteiger partial charge in [0.15, 0.2) is 0 Å². The van der Waals surface area contributed by atoms with Gasteiger partial charge in [0.25, 0.3) is 0 Å². The maximum absolute atomic E-state index is 2.48. The van der Waals surface area contributed by atoms with Crippen molar-refractivity contribution in [3.05, 3.63) is 142 Å². The number of rotatable bonds is 8. The molecule has 43 heavy (non-hydrogen) atoms. The van der Waals surface area contributed by atoms with E-state index in [9.17, 15) is 0 Å². The molecule has 0 nitrogen and oxygen atoms in total. The van der Waals surface area contributed by atoms with Gasteiger partial charge in [0.1, 0.15) is 0 Å². The van der Waals surface area contributed by atoms with Crippen LogP contribution in [0.25, 0.3) is 33.4 Å². The fraction of sp³-hybridized carbons (Fsp3) is 0.302. The van der Waals surface area contributed by atoms with Crippen LogP contribution in [-0.2, 0) is 11.8 Å². The highest BCUT2D eigenvalue weighted by Gasteiger charge is 2.35. The van der Waals surface area contributed by atoms with Gasteiger partial charge in [-0.2, -0.15) is 0 Å². The third-order valence-electron chi connectivity index (χ3n) is 10.5. The predicted molar refractivity (Wildman–Crippen MR) is 186 cm³/mol. The van der Waals surface area contributed by atoms with Crippen molar-refractivity contribution in [3.8, 4) is 33.4 Å². The van der Waals surface area contributed by atoms with Gasteiger partial charge in [-0.3, -0.25) is 0 Å². The molecule has 0 heterocycles. The summed E-state index contributed by atoms with van der Waals surface area (Å²) in [5.74, 6) is 1.03. The minimum atomic E-state index is 0.0665. The van der Waals surface area contributed by atoms with Gasteiger partial charge in [-0.1, -0.05) is 138 Å². The quantitative estimate of drug-likeness (QED) is 0.176. The topological polar surface area (TPSA) is 0 Å². The Hall–Kier alpha value is -3.90. The molecule has 2 unspecified atom stereocenters. The molecule has 0 aliphatic heterocycles. The van der Waals surface area contributed by atoms with E-state index in [-0.39, 0.29) is 5.41 Å². The van der Waals surface area contributed by atoms with Gasteiger partial charge in [0, 0.05) is 5.41 Å². The van der Waals surface area contributed by atoms with E-state index in [1.54, 1.807) is 0 Å². The van der Waals surface area contributed by atoms with Gasteiger partial charge in [-0.25, -0.2) is 0 Å². The Kier molecular flexibility index (Phi) is 7.91. The number of hydrogen-bond donors (Lipinski definition) is 0. The van der Waals surface area contributed by atoms with Crippen molar-refractivity contribution in [2.75, 3.05) is 0 Å². The van der Waals surface area contributed by atoms with E-state index in [0.29, 0.717) is 11.8 Å². The average molecular weight is 563 g/mol. The largest absolute Gasteiger partial charge is 0.0648 e. The highest BCUT2D eigenvalue weighted by atomic mass is 14.4. The third kappa shape index (κ3) is 5.16. The molecule has 0 spiro atoms. The summed E-state index contributed by atoms with van der Waals surface area (Å²) in [5.41, 5.74) is 18.4. The molecule has 5 aromatic carbocycles. The molecule has 0 aromatic heterocycles. The molecule has 0 saturated carbocycles. The van der Waals surface area contributed by atoms with Crippen LogP contribution in [0.5, 0.6) is 0 Å². The van der Waals surface area contributed by atoms with E-state index in [4.69, 9.17) is 0 Å². The standard InChI is InChI=1S/C43H46/c1-8-28(2)34-16-9-10-17-38(34)37-21-14-20-36(31(37)5)35-19-13-15-32(30(35)4)24-23-29(3)33-25-26-42-40(27-33)39-18-11-12-22-41(39)43(42,6)7/h9-22,25-29H,8,23-24H2,1-7H3. The zero-order chi connectivity index (χ0) is 30.3. The Morgan fingerprint density at radius 1 is 0.558 bits per heavy atom. The minimum absolute atomic E-state index is 0.0665. The van der Waals surface area contributed by atoms with Crippen molar-refractivity contribution >= 4 is 0 Å². The monoisotopic (exact) mass is 562 g/mol. The minimum Gasteiger partial charge on any atom is -0.0648 e. The van der Waals surface area contributed by atoms with E-state index < -0.39 is 0 Å². The van der Waals surface area contributed by atoms with E-state index >= 15 is 0 Å². The molecule has 0 N–H and O–H groups in total. The van der Waals surface area contributed by atoms with E-state index in [0.717, 1.165) is 19.3 Å². The lowest BCUT2D eigenvalue weighted by molar-refractivity contribution is 0.656.